The van der Waals surface area contributed by atoms with Crippen molar-refractivity contribution in [2.24, 2.45) is 7.05 Å². The topological polar surface area (TPSA) is 81.0 Å². The summed E-state index contributed by atoms with van der Waals surface area (Å²) < 4.78 is 1.56. The van der Waals surface area contributed by atoms with Gasteiger partial charge in [0.25, 0.3) is 11.8 Å². The Hall–Kier alpha value is -2.80. The molecule has 0 bridgehead atoms. The molecule has 0 saturated carbocycles. The average Bonchev–Trinajstić information content (AvgIpc) is 3.03. The van der Waals surface area contributed by atoms with Gasteiger partial charge >= 0.3 is 0 Å². The van der Waals surface area contributed by atoms with Crippen LogP contribution in [0.1, 0.15) is 26.5 Å². The highest BCUT2D eigenvalue weighted by Crippen LogP contribution is 2.25. The first-order valence-electron chi connectivity index (χ1n) is 6.85. The molecule has 3 heterocycles. The van der Waals surface area contributed by atoms with E-state index in [1.165, 1.54) is 0 Å². The van der Waals surface area contributed by atoms with Crippen molar-refractivity contribution >= 4 is 34.4 Å². The van der Waals surface area contributed by atoms with E-state index in [9.17, 15) is 9.59 Å². The van der Waals surface area contributed by atoms with Crippen LogP contribution in [0.15, 0.2) is 30.5 Å². The molecular weight excluding hydrogens is 318 g/mol. The number of amides is 2. The van der Waals surface area contributed by atoms with E-state index in [0.29, 0.717) is 28.0 Å². The van der Waals surface area contributed by atoms with Crippen LogP contribution in [0.3, 0.4) is 0 Å². The lowest BCUT2D eigenvalue weighted by molar-refractivity contribution is 0.0638. The number of halogens is 1. The molecular formula is C15H10ClN5O2. The van der Waals surface area contributed by atoms with Crippen LogP contribution in [-0.2, 0) is 13.6 Å². The van der Waals surface area contributed by atoms with Gasteiger partial charge in [-0.15, -0.1) is 0 Å². The van der Waals surface area contributed by atoms with Crippen molar-refractivity contribution in [2.75, 3.05) is 0 Å². The summed E-state index contributed by atoms with van der Waals surface area (Å²) in [5, 5.41) is 4.94. The Morgan fingerprint density at radius 3 is 2.39 bits per heavy atom. The minimum absolute atomic E-state index is 0.0345. The van der Waals surface area contributed by atoms with Crippen LogP contribution in [0.25, 0.3) is 11.0 Å². The zero-order valence-corrected chi connectivity index (χ0v) is 12.8. The number of fused-ring (bicyclic) bond motifs is 2. The van der Waals surface area contributed by atoms with E-state index in [0.717, 1.165) is 4.90 Å². The number of imide groups is 1. The fourth-order valence-electron chi connectivity index (χ4n) is 2.62. The van der Waals surface area contributed by atoms with Crippen LogP contribution in [0.5, 0.6) is 0 Å². The minimum atomic E-state index is -0.351. The molecule has 0 unspecified atom stereocenters. The van der Waals surface area contributed by atoms with Crippen LogP contribution >= 0.6 is 11.6 Å². The van der Waals surface area contributed by atoms with Crippen molar-refractivity contribution in [1.82, 2.24) is 24.6 Å². The molecule has 0 fully saturated rings. The van der Waals surface area contributed by atoms with E-state index in [1.54, 1.807) is 42.2 Å². The lowest BCUT2D eigenvalue weighted by Gasteiger charge is -2.12. The Bertz CT molecular complexity index is 946. The maximum Gasteiger partial charge on any atom is 0.261 e. The molecule has 1 aromatic carbocycles. The molecule has 0 spiro atoms. The molecule has 2 aromatic heterocycles. The molecule has 4 rings (SSSR count). The van der Waals surface area contributed by atoms with Gasteiger partial charge in [-0.3, -0.25) is 19.2 Å². The summed E-state index contributed by atoms with van der Waals surface area (Å²) >= 11 is 6.13. The van der Waals surface area contributed by atoms with Gasteiger partial charge in [0, 0.05) is 7.05 Å². The summed E-state index contributed by atoms with van der Waals surface area (Å²) in [5.41, 5.74) is 1.34. The third-order valence-corrected chi connectivity index (χ3v) is 4.06. The first-order valence-corrected chi connectivity index (χ1v) is 7.23. The van der Waals surface area contributed by atoms with Crippen molar-refractivity contribution in [1.29, 1.82) is 0 Å². The first kappa shape index (κ1) is 13.8. The Kier molecular flexibility index (Phi) is 2.92. The van der Waals surface area contributed by atoms with Crippen LogP contribution < -0.4 is 0 Å². The van der Waals surface area contributed by atoms with Gasteiger partial charge in [-0.2, -0.15) is 5.10 Å². The minimum Gasteiger partial charge on any atom is -0.269 e. The van der Waals surface area contributed by atoms with Crippen LogP contribution in [0, 0.1) is 0 Å². The number of hydrogen-bond acceptors (Lipinski definition) is 5. The highest BCUT2D eigenvalue weighted by atomic mass is 35.5. The standard InChI is InChI=1S/C15H10ClN5O2/c1-20-13-10(6-17-20)12(16)18-11(19-13)7-21-14(22)8-4-2-3-5-9(8)15(21)23/h2-6H,7H2,1H3. The number of carbonyl (C=O) groups excluding carboxylic acids is 2. The smallest absolute Gasteiger partial charge is 0.261 e. The summed E-state index contributed by atoms with van der Waals surface area (Å²) in [6, 6.07) is 6.71. The van der Waals surface area contributed by atoms with Gasteiger partial charge in [-0.05, 0) is 12.1 Å². The molecule has 0 radical (unpaired) electrons. The number of aromatic nitrogens is 4. The molecule has 23 heavy (non-hydrogen) atoms. The Morgan fingerprint density at radius 1 is 1.09 bits per heavy atom. The molecule has 1 aliphatic heterocycles. The van der Waals surface area contributed by atoms with E-state index in [1.807, 2.05) is 0 Å². The summed E-state index contributed by atoms with van der Waals surface area (Å²) in [6.07, 6.45) is 1.57. The second kappa shape index (κ2) is 4.85. The van der Waals surface area contributed by atoms with Crippen molar-refractivity contribution < 1.29 is 9.59 Å². The van der Waals surface area contributed by atoms with Gasteiger partial charge in [0.05, 0.1) is 29.3 Å². The molecule has 3 aromatic rings. The Balaban J connectivity index is 1.73. The number of aryl methyl sites for hydroxylation is 1. The molecule has 0 atom stereocenters. The third-order valence-electron chi connectivity index (χ3n) is 3.77. The van der Waals surface area contributed by atoms with Crippen LogP contribution in [0.4, 0.5) is 0 Å². The monoisotopic (exact) mass is 327 g/mol. The second-order valence-electron chi connectivity index (χ2n) is 5.18. The zero-order valence-electron chi connectivity index (χ0n) is 12.0. The maximum absolute atomic E-state index is 12.4. The molecule has 114 valence electrons. The Labute approximate surface area is 135 Å². The van der Waals surface area contributed by atoms with Crippen LogP contribution in [0.2, 0.25) is 5.15 Å². The number of benzene rings is 1. The molecule has 0 saturated heterocycles. The van der Waals surface area contributed by atoms with Crippen molar-refractivity contribution in [3.63, 3.8) is 0 Å². The van der Waals surface area contributed by atoms with Gasteiger partial charge < -0.3 is 0 Å². The fourth-order valence-corrected chi connectivity index (χ4v) is 2.86. The number of rotatable bonds is 2. The molecule has 7 nitrogen and oxygen atoms in total. The predicted octanol–water partition coefficient (Wildman–Crippen LogP) is 1.81. The first-order chi connectivity index (χ1) is 11.1. The molecule has 2 amide bonds. The van der Waals surface area contributed by atoms with Gasteiger partial charge in [0.1, 0.15) is 5.15 Å². The molecule has 8 heteroatoms. The number of carbonyl (C=O) groups is 2. The molecule has 0 aliphatic carbocycles. The maximum atomic E-state index is 12.4. The quantitative estimate of drug-likeness (QED) is 0.529. The van der Waals surface area contributed by atoms with Crippen LogP contribution in [-0.4, -0.2) is 36.5 Å². The number of hydrogen-bond donors (Lipinski definition) is 0. The van der Waals surface area contributed by atoms with Crippen molar-refractivity contribution in [2.45, 2.75) is 6.54 Å². The summed E-state index contributed by atoms with van der Waals surface area (Å²) in [4.78, 5) is 34.4. The highest BCUT2D eigenvalue weighted by Gasteiger charge is 2.35. The van der Waals surface area contributed by atoms with E-state index < -0.39 is 0 Å². The summed E-state index contributed by atoms with van der Waals surface area (Å²) in [7, 11) is 1.73. The van der Waals surface area contributed by atoms with Gasteiger partial charge in [0.15, 0.2) is 11.5 Å². The zero-order chi connectivity index (χ0) is 16.1. The largest absolute Gasteiger partial charge is 0.269 e. The van der Waals surface area contributed by atoms with Gasteiger partial charge in [0.2, 0.25) is 0 Å². The highest BCUT2D eigenvalue weighted by molar-refractivity contribution is 6.33. The van der Waals surface area contributed by atoms with E-state index >= 15 is 0 Å². The van der Waals surface area contributed by atoms with E-state index in [-0.39, 0.29) is 23.5 Å². The van der Waals surface area contributed by atoms with E-state index in [2.05, 4.69) is 15.1 Å². The van der Waals surface area contributed by atoms with Gasteiger partial charge in [-0.1, -0.05) is 23.7 Å². The third kappa shape index (κ3) is 2.01. The Morgan fingerprint density at radius 2 is 1.74 bits per heavy atom. The van der Waals surface area contributed by atoms with Crippen molar-refractivity contribution in [3.8, 4) is 0 Å². The SMILES string of the molecule is Cn1ncc2c(Cl)nc(CN3C(=O)c4ccccc4C3=O)nc21. The lowest BCUT2D eigenvalue weighted by Crippen LogP contribution is -2.30. The van der Waals surface area contributed by atoms with Crippen molar-refractivity contribution in [3.05, 3.63) is 52.6 Å². The normalized spacial score (nSPS) is 13.9. The molecule has 1 aliphatic rings. The van der Waals surface area contributed by atoms with E-state index in [4.69, 9.17) is 11.6 Å². The predicted molar refractivity (Wildman–Crippen MR) is 82.0 cm³/mol. The fraction of sp³-hybridized carbons (Fsp3) is 0.133. The van der Waals surface area contributed by atoms with Gasteiger partial charge in [-0.25, -0.2) is 9.97 Å². The number of nitrogens with zero attached hydrogens (tertiary/aromatic N) is 5. The summed E-state index contributed by atoms with van der Waals surface area (Å²) in [6.45, 7) is -0.0345. The second-order valence-corrected chi connectivity index (χ2v) is 5.54. The summed E-state index contributed by atoms with van der Waals surface area (Å²) in [5.74, 6) is -0.411. The molecule has 0 N–H and O–H groups in total. The average molecular weight is 328 g/mol. The lowest BCUT2D eigenvalue weighted by atomic mass is 10.1.